The summed E-state index contributed by atoms with van der Waals surface area (Å²) in [6.45, 7) is 13.2. The molecule has 0 aliphatic heterocycles. The minimum atomic E-state index is -2.12. The molecule has 0 bridgehead atoms. The summed E-state index contributed by atoms with van der Waals surface area (Å²) in [4.78, 5) is 0. The van der Waals surface area contributed by atoms with Crippen LogP contribution in [0.25, 0.3) is 0 Å². The van der Waals surface area contributed by atoms with Crippen molar-refractivity contribution < 1.29 is 13.6 Å². The molecule has 0 heterocycles. The first-order valence-corrected chi connectivity index (χ1v) is 9.90. The van der Waals surface area contributed by atoms with E-state index in [1.54, 1.807) is 6.07 Å². The second kappa shape index (κ2) is 7.01. The van der Waals surface area contributed by atoms with E-state index in [0.29, 0.717) is 27.4 Å². The predicted octanol–water partition coefficient (Wildman–Crippen LogP) is 6.04. The third-order valence-corrected chi connectivity index (χ3v) is 10.5. The molecule has 0 unspecified atom stereocenters. The van der Waals surface area contributed by atoms with Crippen LogP contribution in [0.4, 0.5) is 4.39 Å². The molecular weight excluding hydrogens is 307 g/mol. The third-order valence-electron chi connectivity index (χ3n) is 4.20. The molecule has 0 atom stereocenters. The molecule has 0 amide bonds. The van der Waals surface area contributed by atoms with E-state index in [4.69, 9.17) is 20.8 Å². The molecule has 0 saturated heterocycles. The second-order valence-electron chi connectivity index (χ2n) is 6.34. The number of benzene rings is 1. The summed E-state index contributed by atoms with van der Waals surface area (Å²) >= 11 is 6.18. The number of ether oxygens (including phenoxy) is 1. The summed E-state index contributed by atoms with van der Waals surface area (Å²) in [6, 6.07) is 2.82. The van der Waals surface area contributed by atoms with E-state index in [0.717, 1.165) is 0 Å². The van der Waals surface area contributed by atoms with E-state index in [-0.39, 0.29) is 5.75 Å². The van der Waals surface area contributed by atoms with Crippen LogP contribution in [0.1, 0.15) is 41.5 Å². The van der Waals surface area contributed by atoms with Gasteiger partial charge in [0.2, 0.25) is 0 Å². The maximum absolute atomic E-state index is 13.7. The smallest absolute Gasteiger partial charge is 0.258 e. The van der Waals surface area contributed by atoms with Crippen LogP contribution in [-0.4, -0.2) is 15.4 Å². The number of hydrogen-bond acceptors (Lipinski definition) is 2. The van der Waals surface area contributed by atoms with Gasteiger partial charge in [0.1, 0.15) is 5.75 Å². The molecule has 0 radical (unpaired) electrons. The van der Waals surface area contributed by atoms with E-state index in [1.165, 1.54) is 13.2 Å². The van der Waals surface area contributed by atoms with Crippen molar-refractivity contribution in [1.82, 2.24) is 0 Å². The topological polar surface area (TPSA) is 18.5 Å². The van der Waals surface area contributed by atoms with Crippen molar-refractivity contribution in [2.45, 2.75) is 58.2 Å². The minimum absolute atomic E-state index is 0.161. The highest BCUT2D eigenvalue weighted by Gasteiger charge is 2.47. The molecule has 1 aromatic rings. The molecule has 21 heavy (non-hydrogen) atoms. The van der Waals surface area contributed by atoms with Gasteiger partial charge in [0.15, 0.2) is 11.6 Å². The van der Waals surface area contributed by atoms with Gasteiger partial charge in [-0.15, -0.1) is 0 Å². The molecule has 0 spiro atoms. The van der Waals surface area contributed by atoms with E-state index >= 15 is 0 Å². The van der Waals surface area contributed by atoms with Crippen molar-refractivity contribution in [3.05, 3.63) is 23.0 Å². The molecule has 120 valence electrons. The fraction of sp³-hybridized carbons (Fsp3) is 0.625. The second-order valence-corrected chi connectivity index (χ2v) is 12.1. The summed E-state index contributed by atoms with van der Waals surface area (Å²) in [5.41, 5.74) is 1.26. The lowest BCUT2D eigenvalue weighted by Gasteiger charge is -2.42. The molecule has 2 nitrogen and oxygen atoms in total. The van der Waals surface area contributed by atoms with E-state index in [2.05, 4.69) is 41.5 Å². The van der Waals surface area contributed by atoms with E-state index in [1.807, 2.05) is 0 Å². The quantitative estimate of drug-likeness (QED) is 0.591. The highest BCUT2D eigenvalue weighted by Crippen LogP contribution is 2.45. The number of hydrogen-bond donors (Lipinski definition) is 0. The number of rotatable bonds is 6. The Morgan fingerprint density at radius 1 is 0.952 bits per heavy atom. The van der Waals surface area contributed by atoms with Gasteiger partial charge in [-0.1, -0.05) is 53.1 Å². The Morgan fingerprint density at radius 3 is 1.81 bits per heavy atom. The average molecular weight is 333 g/mol. The van der Waals surface area contributed by atoms with E-state index in [9.17, 15) is 4.39 Å². The van der Waals surface area contributed by atoms with E-state index < -0.39 is 14.1 Å². The summed E-state index contributed by atoms with van der Waals surface area (Å²) in [6.07, 6.45) is 0. The molecule has 0 N–H and O–H groups in total. The first-order chi connectivity index (χ1) is 9.66. The first kappa shape index (κ1) is 18.3. The fourth-order valence-corrected chi connectivity index (χ4v) is 8.80. The Balaban J connectivity index is 3.33. The molecule has 5 heteroatoms. The van der Waals surface area contributed by atoms with Crippen molar-refractivity contribution in [2.24, 2.45) is 0 Å². The van der Waals surface area contributed by atoms with Crippen molar-refractivity contribution in [2.75, 3.05) is 7.11 Å². The van der Waals surface area contributed by atoms with Gasteiger partial charge in [-0.25, -0.2) is 4.39 Å². The van der Waals surface area contributed by atoms with Crippen LogP contribution in [0.15, 0.2) is 12.1 Å². The van der Waals surface area contributed by atoms with Crippen molar-refractivity contribution >= 4 is 19.9 Å². The Morgan fingerprint density at radius 2 is 1.43 bits per heavy atom. The number of methoxy groups -OCH3 is 1. The van der Waals surface area contributed by atoms with Gasteiger partial charge in [0, 0.05) is 6.07 Å². The van der Waals surface area contributed by atoms with Crippen LogP contribution >= 0.6 is 11.6 Å². The van der Waals surface area contributed by atoms with Crippen molar-refractivity contribution in [3.8, 4) is 11.5 Å². The first-order valence-electron chi connectivity index (χ1n) is 7.38. The zero-order valence-corrected chi connectivity index (χ0v) is 15.7. The van der Waals surface area contributed by atoms with Gasteiger partial charge in [-0.2, -0.15) is 0 Å². The SMILES string of the molecule is COc1cc(O[Si](C(C)C)(C(C)C)C(C)C)c(Cl)cc1F. The standard InChI is InChI=1S/C16H26ClFO2Si/c1-10(2)21(11(3)4,12(5)6)20-15-9-16(19-7)14(18)8-13(15)17/h8-12H,1-7H3. The lowest BCUT2D eigenvalue weighted by atomic mass is 10.3. The Labute approximate surface area is 133 Å². The third kappa shape index (κ3) is 3.54. The molecule has 1 rings (SSSR count). The van der Waals surface area contributed by atoms with Gasteiger partial charge in [-0.3, -0.25) is 0 Å². The largest absolute Gasteiger partial charge is 0.542 e. The van der Waals surface area contributed by atoms with Crippen LogP contribution in [0.3, 0.4) is 0 Å². The van der Waals surface area contributed by atoms with Crippen LogP contribution < -0.4 is 9.16 Å². The lowest BCUT2D eigenvalue weighted by Crippen LogP contribution is -2.50. The van der Waals surface area contributed by atoms with Gasteiger partial charge >= 0.3 is 0 Å². The summed E-state index contributed by atoms with van der Waals surface area (Å²) in [5.74, 6) is 0.215. The summed E-state index contributed by atoms with van der Waals surface area (Å²) < 4.78 is 25.2. The van der Waals surface area contributed by atoms with Crippen molar-refractivity contribution in [1.29, 1.82) is 0 Å². The maximum atomic E-state index is 13.7. The normalized spacial score (nSPS) is 12.4. The van der Waals surface area contributed by atoms with Gasteiger partial charge < -0.3 is 9.16 Å². The fourth-order valence-electron chi connectivity index (χ4n) is 3.29. The molecular formula is C16H26ClFO2Si. The molecule has 0 aromatic heterocycles. The minimum Gasteiger partial charge on any atom is -0.542 e. The molecule has 0 aliphatic rings. The predicted molar refractivity (Wildman–Crippen MR) is 89.6 cm³/mol. The van der Waals surface area contributed by atoms with Crippen LogP contribution in [0.5, 0.6) is 11.5 Å². The summed E-state index contributed by atoms with van der Waals surface area (Å²) in [5, 5.41) is 0.298. The van der Waals surface area contributed by atoms with Crippen LogP contribution in [0.2, 0.25) is 21.6 Å². The monoisotopic (exact) mass is 332 g/mol. The van der Waals surface area contributed by atoms with Crippen LogP contribution in [-0.2, 0) is 0 Å². The van der Waals surface area contributed by atoms with Gasteiger partial charge in [-0.05, 0) is 22.7 Å². The number of halogens is 2. The molecule has 0 saturated carbocycles. The molecule has 0 aliphatic carbocycles. The highest BCUT2D eigenvalue weighted by molar-refractivity contribution is 6.78. The summed E-state index contributed by atoms with van der Waals surface area (Å²) in [7, 11) is -0.677. The van der Waals surface area contributed by atoms with Gasteiger partial charge in [0.25, 0.3) is 8.32 Å². The Bertz CT molecular complexity index is 468. The molecule has 1 aromatic carbocycles. The lowest BCUT2D eigenvalue weighted by molar-refractivity contribution is 0.382. The van der Waals surface area contributed by atoms with Crippen molar-refractivity contribution in [3.63, 3.8) is 0 Å². The zero-order chi connectivity index (χ0) is 16.4. The Hall–Kier alpha value is -0.743. The zero-order valence-electron chi connectivity index (χ0n) is 14.0. The van der Waals surface area contributed by atoms with Gasteiger partial charge in [0.05, 0.1) is 12.1 Å². The van der Waals surface area contributed by atoms with Crippen LogP contribution in [0, 0.1) is 5.82 Å². The molecule has 0 fully saturated rings. The highest BCUT2D eigenvalue weighted by atomic mass is 35.5. The Kier molecular flexibility index (Phi) is 6.11. The maximum Gasteiger partial charge on any atom is 0.258 e. The average Bonchev–Trinajstić information content (AvgIpc) is 2.36.